The Labute approximate surface area is 170 Å². The summed E-state index contributed by atoms with van der Waals surface area (Å²) in [6, 6.07) is 8.62. The van der Waals surface area contributed by atoms with Crippen LogP contribution in [0.5, 0.6) is 0 Å². The Bertz CT molecular complexity index is 1060. The average Bonchev–Trinajstić information content (AvgIpc) is 3.16. The predicted molar refractivity (Wildman–Crippen MR) is 101 cm³/mol. The van der Waals surface area contributed by atoms with Gasteiger partial charge < -0.3 is 4.90 Å². The Kier molecular flexibility index (Phi) is 5.44. The van der Waals surface area contributed by atoms with Crippen molar-refractivity contribution in [3.63, 3.8) is 0 Å². The van der Waals surface area contributed by atoms with E-state index >= 15 is 0 Å². The number of pyridine rings is 1. The van der Waals surface area contributed by atoms with Crippen LogP contribution in [0.4, 0.5) is 17.6 Å². The molecule has 0 aliphatic carbocycles. The first kappa shape index (κ1) is 20.3. The summed E-state index contributed by atoms with van der Waals surface area (Å²) < 4.78 is 54.4. The molecule has 3 aromatic rings. The maximum absolute atomic E-state index is 13.8. The molecule has 1 aliphatic rings. The van der Waals surface area contributed by atoms with Crippen LogP contribution in [0.15, 0.2) is 42.6 Å². The van der Waals surface area contributed by atoms with Gasteiger partial charge in [-0.3, -0.25) is 9.20 Å². The van der Waals surface area contributed by atoms with Crippen LogP contribution in [0.1, 0.15) is 42.1 Å². The molecule has 0 bridgehead atoms. The molecule has 1 aromatic carbocycles. The molecule has 9 heteroatoms. The maximum Gasteiger partial charge on any atom is 0.417 e. The van der Waals surface area contributed by atoms with Crippen molar-refractivity contribution in [3.8, 4) is 0 Å². The van der Waals surface area contributed by atoms with E-state index in [9.17, 15) is 22.4 Å². The van der Waals surface area contributed by atoms with Gasteiger partial charge in [0, 0.05) is 31.6 Å². The molecule has 1 unspecified atom stereocenters. The third-order valence-electron chi connectivity index (χ3n) is 5.46. The summed E-state index contributed by atoms with van der Waals surface area (Å²) in [7, 11) is 0. The van der Waals surface area contributed by atoms with Crippen LogP contribution in [0.2, 0.25) is 0 Å². The number of likely N-dealkylation sites (tertiary alicyclic amines) is 1. The molecule has 30 heavy (non-hydrogen) atoms. The fourth-order valence-electron chi connectivity index (χ4n) is 3.87. The van der Waals surface area contributed by atoms with Gasteiger partial charge in [-0.1, -0.05) is 18.2 Å². The van der Waals surface area contributed by atoms with Gasteiger partial charge in [0.05, 0.1) is 5.56 Å². The lowest BCUT2D eigenvalue weighted by Gasteiger charge is -2.32. The number of halogens is 4. The molecule has 0 saturated carbocycles. The van der Waals surface area contributed by atoms with E-state index in [0.29, 0.717) is 49.4 Å². The number of fused-ring (bicyclic) bond motifs is 1. The Morgan fingerprint density at radius 3 is 2.70 bits per heavy atom. The largest absolute Gasteiger partial charge is 0.417 e. The van der Waals surface area contributed by atoms with Crippen LogP contribution in [0.25, 0.3) is 5.65 Å². The zero-order valence-corrected chi connectivity index (χ0v) is 16.1. The second-order valence-electron chi connectivity index (χ2n) is 7.47. The van der Waals surface area contributed by atoms with Gasteiger partial charge in [0.2, 0.25) is 5.91 Å². The van der Waals surface area contributed by atoms with Crippen molar-refractivity contribution in [1.29, 1.82) is 0 Å². The Morgan fingerprint density at radius 2 is 1.93 bits per heavy atom. The molecular weight excluding hydrogens is 400 g/mol. The monoisotopic (exact) mass is 420 g/mol. The minimum Gasteiger partial charge on any atom is -0.342 e. The van der Waals surface area contributed by atoms with Crippen molar-refractivity contribution in [2.24, 2.45) is 0 Å². The molecule has 0 N–H and O–H groups in total. The van der Waals surface area contributed by atoms with Crippen LogP contribution in [-0.2, 0) is 17.4 Å². The molecule has 4 rings (SSSR count). The summed E-state index contributed by atoms with van der Waals surface area (Å²) in [6.07, 6.45) is -1.57. The van der Waals surface area contributed by atoms with E-state index < -0.39 is 11.7 Å². The summed E-state index contributed by atoms with van der Waals surface area (Å²) >= 11 is 0. The number of aryl methyl sites for hydroxylation is 1. The van der Waals surface area contributed by atoms with Gasteiger partial charge in [-0.2, -0.15) is 13.2 Å². The van der Waals surface area contributed by atoms with Crippen LogP contribution in [-0.4, -0.2) is 38.5 Å². The number of piperidine rings is 1. The van der Waals surface area contributed by atoms with E-state index in [2.05, 4.69) is 10.2 Å². The van der Waals surface area contributed by atoms with Gasteiger partial charge in [-0.25, -0.2) is 4.39 Å². The zero-order valence-electron chi connectivity index (χ0n) is 16.1. The van der Waals surface area contributed by atoms with E-state index in [0.717, 1.165) is 12.3 Å². The number of nitrogens with zero attached hydrogens (tertiary/aromatic N) is 4. The molecule has 3 heterocycles. The van der Waals surface area contributed by atoms with Crippen LogP contribution >= 0.6 is 0 Å². The third-order valence-corrected chi connectivity index (χ3v) is 5.46. The van der Waals surface area contributed by atoms with Gasteiger partial charge in [0.15, 0.2) is 5.65 Å². The van der Waals surface area contributed by atoms with Gasteiger partial charge in [-0.05, 0) is 43.0 Å². The maximum atomic E-state index is 13.8. The summed E-state index contributed by atoms with van der Waals surface area (Å²) in [6.45, 7) is 0.921. The van der Waals surface area contributed by atoms with Gasteiger partial charge in [0.25, 0.3) is 0 Å². The predicted octanol–water partition coefficient (Wildman–Crippen LogP) is 4.23. The number of amides is 1. The highest BCUT2D eigenvalue weighted by molar-refractivity contribution is 5.76. The molecule has 2 aromatic heterocycles. The lowest BCUT2D eigenvalue weighted by atomic mass is 9.96. The van der Waals surface area contributed by atoms with Gasteiger partial charge in [-0.15, -0.1) is 10.2 Å². The number of carbonyl (C=O) groups excluding carboxylic acids is 1. The molecule has 0 radical (unpaired) electrons. The molecule has 1 aliphatic heterocycles. The van der Waals surface area contributed by atoms with E-state index in [-0.39, 0.29) is 24.1 Å². The minimum absolute atomic E-state index is 0.104. The van der Waals surface area contributed by atoms with Crippen LogP contribution in [0.3, 0.4) is 0 Å². The quantitative estimate of drug-likeness (QED) is 0.594. The van der Waals surface area contributed by atoms with E-state index in [1.807, 2.05) is 0 Å². The zero-order chi connectivity index (χ0) is 21.3. The topological polar surface area (TPSA) is 50.5 Å². The molecule has 5 nitrogen and oxygen atoms in total. The number of hydrogen-bond donors (Lipinski definition) is 0. The minimum atomic E-state index is -4.46. The van der Waals surface area contributed by atoms with Gasteiger partial charge >= 0.3 is 6.18 Å². The number of hydrogen-bond acceptors (Lipinski definition) is 3. The molecule has 158 valence electrons. The summed E-state index contributed by atoms with van der Waals surface area (Å²) in [5.74, 6) is -0.234. The second-order valence-corrected chi connectivity index (χ2v) is 7.47. The summed E-state index contributed by atoms with van der Waals surface area (Å²) in [5, 5.41) is 8.07. The molecular formula is C21H20F4N4O. The van der Waals surface area contributed by atoms with Crippen LogP contribution < -0.4 is 0 Å². The Morgan fingerprint density at radius 1 is 1.13 bits per heavy atom. The first-order valence-electron chi connectivity index (χ1n) is 9.76. The van der Waals surface area contributed by atoms with E-state index in [1.54, 1.807) is 23.1 Å². The lowest BCUT2D eigenvalue weighted by Crippen LogP contribution is -2.39. The van der Waals surface area contributed by atoms with Crippen molar-refractivity contribution in [1.82, 2.24) is 19.5 Å². The lowest BCUT2D eigenvalue weighted by molar-refractivity contribution is -0.137. The van der Waals surface area contributed by atoms with Crippen molar-refractivity contribution in [2.45, 2.75) is 37.8 Å². The molecule has 1 fully saturated rings. The number of rotatable bonds is 4. The first-order chi connectivity index (χ1) is 14.3. The number of alkyl halides is 3. The highest BCUT2D eigenvalue weighted by Crippen LogP contribution is 2.31. The normalized spacial score (nSPS) is 17.5. The summed E-state index contributed by atoms with van der Waals surface area (Å²) in [5.41, 5.74) is 0.0493. The Hall–Kier alpha value is -2.97. The third kappa shape index (κ3) is 4.15. The first-order valence-corrected chi connectivity index (χ1v) is 9.76. The smallest absolute Gasteiger partial charge is 0.342 e. The van der Waals surface area contributed by atoms with Crippen molar-refractivity contribution in [3.05, 3.63) is 65.4 Å². The fraction of sp³-hybridized carbons (Fsp3) is 0.381. The molecule has 1 saturated heterocycles. The second kappa shape index (κ2) is 8.04. The van der Waals surface area contributed by atoms with Crippen molar-refractivity contribution < 1.29 is 22.4 Å². The molecule has 0 spiro atoms. The van der Waals surface area contributed by atoms with Crippen molar-refractivity contribution in [2.75, 3.05) is 13.1 Å². The molecule has 1 amide bonds. The Balaban J connectivity index is 1.48. The van der Waals surface area contributed by atoms with Gasteiger partial charge in [0.1, 0.15) is 11.6 Å². The fourth-order valence-corrected chi connectivity index (χ4v) is 3.87. The number of benzene rings is 1. The number of aromatic nitrogens is 3. The van der Waals surface area contributed by atoms with Crippen LogP contribution in [0, 0.1) is 5.82 Å². The number of carbonyl (C=O) groups is 1. The average molecular weight is 420 g/mol. The molecule has 1 atom stereocenters. The summed E-state index contributed by atoms with van der Waals surface area (Å²) in [4.78, 5) is 14.3. The van der Waals surface area contributed by atoms with E-state index in [1.165, 1.54) is 16.5 Å². The standard InChI is InChI=1S/C21H20F4N4O/c22-17-6-2-1-4-14(17)7-10-19(30)28-11-3-5-15(12-28)20-27-26-18-9-8-16(13-29(18)20)21(23,24)25/h1-2,4,6,8-9,13,15H,3,5,7,10-12H2. The highest BCUT2D eigenvalue weighted by atomic mass is 19.4. The van der Waals surface area contributed by atoms with Crippen molar-refractivity contribution >= 4 is 11.6 Å². The van der Waals surface area contributed by atoms with E-state index in [4.69, 9.17) is 0 Å². The SMILES string of the molecule is O=C(CCc1ccccc1F)N1CCCC(c2nnc3ccc(C(F)(F)F)cn23)C1. The highest BCUT2D eigenvalue weighted by Gasteiger charge is 2.32.